The summed E-state index contributed by atoms with van der Waals surface area (Å²) in [5.41, 5.74) is 0. The van der Waals surface area contributed by atoms with Crippen molar-refractivity contribution in [1.29, 1.82) is 0 Å². The van der Waals surface area contributed by atoms with Gasteiger partial charge in [-0.3, -0.25) is 9.59 Å². The number of nitrogens with zero attached hydrogens (tertiary/aromatic N) is 1. The lowest BCUT2D eigenvalue weighted by Crippen LogP contribution is -2.58. The van der Waals surface area contributed by atoms with Crippen LogP contribution in [0.2, 0.25) is 0 Å². The van der Waals surface area contributed by atoms with Crippen LogP contribution in [-0.2, 0) is 14.4 Å². The van der Waals surface area contributed by atoms with E-state index in [-0.39, 0.29) is 24.1 Å². The predicted molar refractivity (Wildman–Crippen MR) is 170 cm³/mol. The van der Waals surface area contributed by atoms with Crippen LogP contribution in [0, 0.1) is 17.8 Å². The molecular formula is C35H65NO6. The van der Waals surface area contributed by atoms with Crippen LogP contribution in [0.4, 0.5) is 0 Å². The van der Waals surface area contributed by atoms with E-state index in [1.807, 2.05) is 6.08 Å². The van der Waals surface area contributed by atoms with Crippen LogP contribution in [0.15, 0.2) is 12.2 Å². The Bertz CT molecular complexity index is 682. The van der Waals surface area contributed by atoms with Crippen molar-refractivity contribution in [2.75, 3.05) is 26.2 Å². The lowest BCUT2D eigenvalue weighted by Gasteiger charge is -2.42. The smallest absolute Gasteiger partial charge is 0.311 e. The molecule has 0 aromatic carbocycles. The van der Waals surface area contributed by atoms with Crippen LogP contribution in [-0.4, -0.2) is 58.8 Å². The Labute approximate surface area is 257 Å². The van der Waals surface area contributed by atoms with E-state index in [4.69, 9.17) is 0 Å². The highest BCUT2D eigenvalue weighted by Crippen LogP contribution is 2.20. The molecule has 3 unspecified atom stereocenters. The number of carboxylic acid groups (broad SMARTS) is 3. The average molecular weight is 596 g/mol. The summed E-state index contributed by atoms with van der Waals surface area (Å²) < 4.78 is 0.103. The molecule has 0 aliphatic heterocycles. The molecule has 0 aromatic rings. The van der Waals surface area contributed by atoms with Crippen LogP contribution in [0.25, 0.3) is 0 Å². The molecule has 0 rings (SSSR count). The van der Waals surface area contributed by atoms with Crippen molar-refractivity contribution < 1.29 is 34.2 Å². The Hall–Kier alpha value is -1.89. The van der Waals surface area contributed by atoms with Gasteiger partial charge < -0.3 is 24.6 Å². The number of rotatable bonds is 30. The van der Waals surface area contributed by atoms with Gasteiger partial charge in [-0.15, -0.1) is 0 Å². The molecule has 0 aliphatic rings. The van der Waals surface area contributed by atoms with Crippen molar-refractivity contribution >= 4 is 17.9 Å². The zero-order valence-electron chi connectivity index (χ0n) is 27.6. The monoisotopic (exact) mass is 595 g/mol. The Morgan fingerprint density at radius 2 is 0.905 bits per heavy atom. The number of allylic oxidation sites excluding steroid dienone is 1. The minimum absolute atomic E-state index is 0.103. The summed E-state index contributed by atoms with van der Waals surface area (Å²) in [6.07, 6.45) is 29.1. The van der Waals surface area contributed by atoms with E-state index in [9.17, 15) is 29.7 Å². The van der Waals surface area contributed by atoms with Gasteiger partial charge in [-0.2, -0.15) is 0 Å². The Morgan fingerprint density at radius 3 is 1.24 bits per heavy atom. The summed E-state index contributed by atoms with van der Waals surface area (Å²) in [5.74, 6) is -5.39. The van der Waals surface area contributed by atoms with Gasteiger partial charge in [0.05, 0.1) is 26.2 Å². The van der Waals surface area contributed by atoms with Crippen LogP contribution in [0.5, 0.6) is 0 Å². The molecule has 0 amide bonds. The molecule has 7 nitrogen and oxygen atoms in total. The maximum absolute atomic E-state index is 11.6. The maximum Gasteiger partial charge on any atom is 0.311 e. The number of carboxylic acids is 3. The number of unbranched alkanes of at least 4 members (excludes halogenated alkanes) is 18. The molecule has 0 spiro atoms. The molecule has 246 valence electrons. The molecule has 0 heterocycles. The van der Waals surface area contributed by atoms with Crippen LogP contribution < -0.4 is 5.11 Å². The van der Waals surface area contributed by atoms with Crippen LogP contribution in [0.3, 0.4) is 0 Å². The van der Waals surface area contributed by atoms with E-state index in [1.54, 1.807) is 20.8 Å². The fourth-order valence-electron chi connectivity index (χ4n) is 6.00. The van der Waals surface area contributed by atoms with Gasteiger partial charge in [0, 0.05) is 11.9 Å². The van der Waals surface area contributed by atoms with E-state index < -0.39 is 35.7 Å². The summed E-state index contributed by atoms with van der Waals surface area (Å²) in [5, 5.41) is 30.5. The number of carbonyl (C=O) groups excluding carboxylic acids is 1. The number of quaternary nitrogens is 1. The molecule has 0 saturated carbocycles. The first-order valence-corrected chi connectivity index (χ1v) is 17.2. The minimum Gasteiger partial charge on any atom is -0.550 e. The molecule has 0 saturated heterocycles. The van der Waals surface area contributed by atoms with Crippen molar-refractivity contribution in [2.24, 2.45) is 17.8 Å². The predicted octanol–water partition coefficient (Wildman–Crippen LogP) is 7.62. The molecule has 0 aromatic heterocycles. The number of hydrogen-bond donors (Lipinski definition) is 2. The average Bonchev–Trinajstić information content (AvgIpc) is 2.93. The molecule has 2 N–H and O–H groups in total. The van der Waals surface area contributed by atoms with Crippen molar-refractivity contribution in [2.45, 2.75) is 150 Å². The molecule has 7 heteroatoms. The van der Waals surface area contributed by atoms with Crippen molar-refractivity contribution in [3.63, 3.8) is 0 Å². The summed E-state index contributed by atoms with van der Waals surface area (Å²) in [4.78, 5) is 34.7. The van der Waals surface area contributed by atoms with E-state index in [2.05, 4.69) is 13.0 Å². The summed E-state index contributed by atoms with van der Waals surface area (Å²) in [6.45, 7) is 7.89. The summed E-state index contributed by atoms with van der Waals surface area (Å²) in [6, 6.07) is 0. The number of hydrogen-bond acceptors (Lipinski definition) is 4. The van der Waals surface area contributed by atoms with E-state index in [1.165, 1.54) is 109 Å². The highest BCUT2D eigenvalue weighted by molar-refractivity contribution is 5.70. The topological polar surface area (TPSA) is 115 Å². The molecule has 42 heavy (non-hydrogen) atoms. The highest BCUT2D eigenvalue weighted by atomic mass is 16.4. The van der Waals surface area contributed by atoms with E-state index >= 15 is 0 Å². The number of carbonyl (C=O) groups is 3. The van der Waals surface area contributed by atoms with Crippen LogP contribution in [0.1, 0.15) is 150 Å². The zero-order chi connectivity index (χ0) is 31.6. The second kappa shape index (κ2) is 25.6. The number of aliphatic carboxylic acids is 3. The third kappa shape index (κ3) is 21.8. The lowest BCUT2D eigenvalue weighted by molar-refractivity contribution is -0.929. The molecular weight excluding hydrogens is 530 g/mol. The molecule has 0 bridgehead atoms. The van der Waals surface area contributed by atoms with Gasteiger partial charge in [0.25, 0.3) is 0 Å². The standard InChI is InChI=1S/C35H65NO6/c1-5-6-7-8-9-10-11-12-13-14-15-16-17-18-19-20-21-22-23-24-25-26-36(27-30(2)33(37)38,28-31(3)34(39)40)29-32(4)35(41)42/h24-25,30-32H,5-23,26-29H2,1-4H3,(H2-,37,38,39,40,41,42)/b25-24+. The molecule has 3 atom stereocenters. The molecule has 0 radical (unpaired) electrons. The first kappa shape index (κ1) is 40.1. The highest BCUT2D eigenvalue weighted by Gasteiger charge is 2.36. The van der Waals surface area contributed by atoms with Crippen LogP contribution >= 0.6 is 0 Å². The first-order chi connectivity index (χ1) is 20.0. The van der Waals surface area contributed by atoms with Gasteiger partial charge in [-0.1, -0.05) is 129 Å². The third-order valence-corrected chi connectivity index (χ3v) is 8.61. The Morgan fingerprint density at radius 1 is 0.571 bits per heavy atom. The van der Waals surface area contributed by atoms with Gasteiger partial charge in [0.1, 0.15) is 11.8 Å². The largest absolute Gasteiger partial charge is 0.550 e. The third-order valence-electron chi connectivity index (χ3n) is 8.61. The van der Waals surface area contributed by atoms with Gasteiger partial charge in [-0.25, -0.2) is 0 Å². The normalized spacial score (nSPS) is 15.3. The van der Waals surface area contributed by atoms with Gasteiger partial charge >= 0.3 is 11.9 Å². The van der Waals surface area contributed by atoms with Gasteiger partial charge in [0.2, 0.25) is 0 Å². The quantitative estimate of drug-likeness (QED) is 0.0501. The van der Waals surface area contributed by atoms with E-state index in [0.717, 1.165) is 12.8 Å². The van der Waals surface area contributed by atoms with Gasteiger partial charge in [0.15, 0.2) is 0 Å². The van der Waals surface area contributed by atoms with Crippen molar-refractivity contribution in [1.82, 2.24) is 0 Å². The first-order valence-electron chi connectivity index (χ1n) is 17.2. The van der Waals surface area contributed by atoms with Crippen molar-refractivity contribution in [3.8, 4) is 0 Å². The Balaban J connectivity index is 4.25. The fourth-order valence-corrected chi connectivity index (χ4v) is 6.00. The molecule has 0 fully saturated rings. The Kier molecular flexibility index (Phi) is 24.4. The second-order valence-electron chi connectivity index (χ2n) is 13.0. The summed E-state index contributed by atoms with van der Waals surface area (Å²) >= 11 is 0. The fraction of sp³-hybridized carbons (Fsp3) is 0.857. The zero-order valence-corrected chi connectivity index (χ0v) is 27.6. The SMILES string of the molecule is CCCCCCCCCCCCCCCCCCCC/C=C/C[N+](CC(C)C(=O)[O-])(CC(C)C(=O)O)CC(C)C(=O)O. The lowest BCUT2D eigenvalue weighted by atomic mass is 10.0. The summed E-state index contributed by atoms with van der Waals surface area (Å²) in [7, 11) is 0. The van der Waals surface area contributed by atoms with Gasteiger partial charge in [-0.05, 0) is 32.8 Å². The second-order valence-corrected chi connectivity index (χ2v) is 13.0. The van der Waals surface area contributed by atoms with E-state index in [0.29, 0.717) is 6.54 Å². The minimum atomic E-state index is -1.20. The molecule has 0 aliphatic carbocycles. The van der Waals surface area contributed by atoms with Crippen molar-refractivity contribution in [3.05, 3.63) is 12.2 Å². The maximum atomic E-state index is 11.6.